The van der Waals surface area contributed by atoms with E-state index in [-0.39, 0.29) is 36.6 Å². The number of carbonyl (C=O) groups excluding carboxylic acids is 2. The molecule has 14 nitrogen and oxygen atoms in total. The van der Waals surface area contributed by atoms with Crippen molar-refractivity contribution in [2.24, 2.45) is 5.92 Å². The molecule has 3 aromatic carbocycles. The molecule has 0 aliphatic heterocycles. The number of ether oxygens (including phenoxy) is 1. The summed E-state index contributed by atoms with van der Waals surface area (Å²) in [7, 11) is 0. The minimum atomic E-state index is -1.44. The summed E-state index contributed by atoms with van der Waals surface area (Å²) < 4.78 is 7.55. The Kier molecular flexibility index (Phi) is 13.4. The summed E-state index contributed by atoms with van der Waals surface area (Å²) in [5, 5.41) is 35.6. The Hall–Kier alpha value is -5.76. The van der Waals surface area contributed by atoms with Crippen LogP contribution in [0.2, 0.25) is 0 Å². The maximum absolute atomic E-state index is 14.5. The highest BCUT2D eigenvalue weighted by molar-refractivity contribution is 5.98. The van der Waals surface area contributed by atoms with Crippen molar-refractivity contribution >= 4 is 11.8 Å². The number of hydrogen-bond acceptors (Lipinski definition) is 11. The monoisotopic (exact) mass is 737 g/mol. The SMILES string of the molecule is CCCc1nc(C(C)(C)O)c(C(=O)CC(Cc2ccccc2)C(=O)OCCCCC(C)O[N+](=O)[O-])n1Cc1ccc(-c2ccccc2-c2nn[nH]n2)cc1. The van der Waals surface area contributed by atoms with E-state index in [0.29, 0.717) is 43.9 Å². The Morgan fingerprint density at radius 1 is 0.981 bits per heavy atom. The van der Waals surface area contributed by atoms with Crippen LogP contribution < -0.4 is 0 Å². The van der Waals surface area contributed by atoms with E-state index >= 15 is 0 Å². The molecule has 2 unspecified atom stereocenters. The summed E-state index contributed by atoms with van der Waals surface area (Å²) >= 11 is 0. The lowest BCUT2D eigenvalue weighted by molar-refractivity contribution is -0.767. The van der Waals surface area contributed by atoms with E-state index in [4.69, 9.17) is 9.72 Å². The Morgan fingerprint density at radius 3 is 2.33 bits per heavy atom. The summed E-state index contributed by atoms with van der Waals surface area (Å²) in [4.78, 5) is 48.1. The first-order chi connectivity index (χ1) is 25.9. The second kappa shape index (κ2) is 18.3. The number of rotatable bonds is 20. The topological polar surface area (TPSA) is 188 Å². The lowest BCUT2D eigenvalue weighted by Crippen LogP contribution is -2.27. The predicted molar refractivity (Wildman–Crippen MR) is 201 cm³/mol. The van der Waals surface area contributed by atoms with Crippen molar-refractivity contribution in [1.82, 2.24) is 30.2 Å². The third-order valence-electron chi connectivity index (χ3n) is 9.09. The molecule has 0 aliphatic rings. The standard InChI is InChI=1S/C40H47N7O7/c1-5-13-35-41-37(40(3,4)50)36(46(35)26-29-19-21-30(22-20-29)32-17-9-10-18-33(32)38-42-44-45-43-38)34(48)25-31(24-28-15-7-6-8-16-28)39(49)53-23-12-11-14-27(2)54-47(51)52/h6-10,15-22,27,31,50H,5,11-14,23-26H2,1-4H3,(H,42,43,44,45). The number of nitrogens with one attached hydrogen (secondary N) is 1. The number of nitrogens with zero attached hydrogens (tertiary/aromatic N) is 6. The molecule has 0 saturated carbocycles. The van der Waals surface area contributed by atoms with Crippen LogP contribution in [0.5, 0.6) is 0 Å². The molecule has 5 rings (SSSR count). The molecule has 0 aliphatic carbocycles. The molecular weight excluding hydrogens is 690 g/mol. The lowest BCUT2D eigenvalue weighted by atomic mass is 9.91. The quantitative estimate of drug-likeness (QED) is 0.0284. The second-order valence-corrected chi connectivity index (χ2v) is 13.9. The zero-order valence-electron chi connectivity index (χ0n) is 31.1. The third-order valence-corrected chi connectivity index (χ3v) is 9.09. The van der Waals surface area contributed by atoms with E-state index in [2.05, 4.69) is 25.5 Å². The summed E-state index contributed by atoms with van der Waals surface area (Å²) in [6.45, 7) is 7.28. The molecular formula is C40H47N7O7. The molecule has 0 amide bonds. The van der Waals surface area contributed by atoms with Crippen LogP contribution in [0, 0.1) is 16.0 Å². The Morgan fingerprint density at radius 2 is 1.69 bits per heavy atom. The molecule has 0 fully saturated rings. The van der Waals surface area contributed by atoms with Gasteiger partial charge in [-0.1, -0.05) is 85.8 Å². The molecule has 2 N–H and O–H groups in total. The number of tetrazole rings is 1. The van der Waals surface area contributed by atoms with Gasteiger partial charge in [0.25, 0.3) is 5.09 Å². The van der Waals surface area contributed by atoms with Crippen molar-refractivity contribution in [2.75, 3.05) is 6.61 Å². The molecule has 0 saturated heterocycles. The molecule has 5 aromatic rings. The number of benzene rings is 3. The number of esters is 1. The fourth-order valence-corrected chi connectivity index (χ4v) is 6.45. The van der Waals surface area contributed by atoms with E-state index in [1.54, 1.807) is 20.8 Å². The number of imidazole rings is 1. The number of aliphatic hydroxyl groups is 1. The highest BCUT2D eigenvalue weighted by Gasteiger charge is 2.34. The summed E-state index contributed by atoms with van der Waals surface area (Å²) in [5.74, 6) is -0.479. The first kappa shape index (κ1) is 39.4. The largest absolute Gasteiger partial charge is 0.465 e. The average molecular weight is 738 g/mol. The smallest absolute Gasteiger partial charge is 0.309 e. The Bertz CT molecular complexity index is 1990. The zero-order chi connectivity index (χ0) is 38.7. The minimum Gasteiger partial charge on any atom is -0.465 e. The van der Waals surface area contributed by atoms with Crippen molar-refractivity contribution in [1.29, 1.82) is 0 Å². The van der Waals surface area contributed by atoms with Crippen LogP contribution in [0.3, 0.4) is 0 Å². The van der Waals surface area contributed by atoms with Crippen molar-refractivity contribution in [3.63, 3.8) is 0 Å². The molecule has 2 atom stereocenters. The Balaban J connectivity index is 1.40. The van der Waals surface area contributed by atoms with Gasteiger partial charge in [0.1, 0.15) is 28.9 Å². The van der Waals surface area contributed by atoms with Crippen molar-refractivity contribution in [3.05, 3.63) is 117 Å². The number of ketones is 1. The number of carbonyl (C=O) groups is 2. The first-order valence-electron chi connectivity index (χ1n) is 18.2. The van der Waals surface area contributed by atoms with Gasteiger partial charge in [-0.05, 0) is 80.3 Å². The molecule has 0 bridgehead atoms. The molecule has 14 heteroatoms. The minimum absolute atomic E-state index is 0.104. The van der Waals surface area contributed by atoms with Gasteiger partial charge >= 0.3 is 5.97 Å². The summed E-state index contributed by atoms with van der Waals surface area (Å²) in [5.41, 5.74) is 3.61. The number of aromatic nitrogens is 6. The highest BCUT2D eigenvalue weighted by atomic mass is 17.0. The van der Waals surface area contributed by atoms with Gasteiger partial charge in [-0.2, -0.15) is 5.21 Å². The van der Waals surface area contributed by atoms with Crippen LogP contribution in [0.25, 0.3) is 22.5 Å². The number of hydrogen-bond donors (Lipinski definition) is 2. The molecule has 284 valence electrons. The van der Waals surface area contributed by atoms with Crippen molar-refractivity contribution in [3.8, 4) is 22.5 Å². The zero-order valence-corrected chi connectivity index (χ0v) is 31.1. The van der Waals surface area contributed by atoms with Crippen LogP contribution in [0.15, 0.2) is 78.9 Å². The van der Waals surface area contributed by atoms with Gasteiger partial charge in [0, 0.05) is 24.9 Å². The van der Waals surface area contributed by atoms with E-state index in [0.717, 1.165) is 34.2 Å². The maximum Gasteiger partial charge on any atom is 0.309 e. The number of H-pyrrole nitrogens is 1. The van der Waals surface area contributed by atoms with Gasteiger partial charge < -0.3 is 19.2 Å². The van der Waals surface area contributed by atoms with E-state index < -0.39 is 28.7 Å². The number of aryl methyl sites for hydroxylation is 1. The number of unbranched alkanes of at least 4 members (excludes halogenated alkanes) is 1. The van der Waals surface area contributed by atoms with Crippen LogP contribution in [-0.2, 0) is 39.4 Å². The van der Waals surface area contributed by atoms with Gasteiger partial charge in [-0.15, -0.1) is 20.3 Å². The van der Waals surface area contributed by atoms with Crippen molar-refractivity contribution < 1.29 is 29.4 Å². The van der Waals surface area contributed by atoms with Crippen LogP contribution in [0.1, 0.15) is 92.9 Å². The number of Topliss-reactive ketones (excluding diaryl/α,β-unsaturated/α-hetero) is 1. The molecule has 54 heavy (non-hydrogen) atoms. The first-order valence-corrected chi connectivity index (χ1v) is 18.2. The Labute approximate surface area is 314 Å². The fourth-order valence-electron chi connectivity index (χ4n) is 6.45. The van der Waals surface area contributed by atoms with Crippen LogP contribution in [-0.4, -0.2) is 64.8 Å². The van der Waals surface area contributed by atoms with Crippen LogP contribution >= 0.6 is 0 Å². The lowest BCUT2D eigenvalue weighted by Gasteiger charge is -2.20. The van der Waals surface area contributed by atoms with E-state index in [9.17, 15) is 24.8 Å². The summed E-state index contributed by atoms with van der Waals surface area (Å²) in [6, 6.07) is 25.2. The third kappa shape index (κ3) is 10.4. The predicted octanol–water partition coefficient (Wildman–Crippen LogP) is 6.70. The molecule has 0 radical (unpaired) electrons. The fraction of sp³-hybridized carbons (Fsp3) is 0.400. The van der Waals surface area contributed by atoms with Gasteiger partial charge in [-0.3, -0.25) is 9.59 Å². The van der Waals surface area contributed by atoms with E-state index in [1.807, 2.05) is 90.4 Å². The van der Waals surface area contributed by atoms with Crippen molar-refractivity contribution in [2.45, 2.75) is 90.9 Å². The number of aromatic amines is 1. The molecule has 2 aromatic heterocycles. The maximum atomic E-state index is 14.5. The summed E-state index contributed by atoms with van der Waals surface area (Å²) in [6.07, 6.45) is 2.38. The average Bonchev–Trinajstić information content (AvgIpc) is 3.81. The second-order valence-electron chi connectivity index (χ2n) is 13.9. The van der Waals surface area contributed by atoms with Gasteiger partial charge in [-0.25, -0.2) is 4.98 Å². The molecule has 2 heterocycles. The highest BCUT2D eigenvalue weighted by Crippen LogP contribution is 2.32. The van der Waals surface area contributed by atoms with E-state index in [1.165, 1.54) is 0 Å². The molecule has 0 spiro atoms. The van der Waals surface area contributed by atoms with Gasteiger partial charge in [0.05, 0.1) is 12.5 Å². The normalized spacial score (nSPS) is 12.6. The van der Waals surface area contributed by atoms with Gasteiger partial charge in [0.2, 0.25) is 5.82 Å². The van der Waals surface area contributed by atoms with Gasteiger partial charge in [0.15, 0.2) is 5.78 Å². The van der Waals surface area contributed by atoms with Crippen LogP contribution in [0.4, 0.5) is 0 Å².